The second-order valence-corrected chi connectivity index (χ2v) is 8.36. The van der Waals surface area contributed by atoms with Crippen molar-refractivity contribution in [3.63, 3.8) is 0 Å². The molecule has 0 spiro atoms. The van der Waals surface area contributed by atoms with Gasteiger partial charge in [0, 0.05) is 11.1 Å². The lowest BCUT2D eigenvalue weighted by atomic mass is 10.0. The van der Waals surface area contributed by atoms with Gasteiger partial charge in [0.25, 0.3) is 5.91 Å². The van der Waals surface area contributed by atoms with Gasteiger partial charge >= 0.3 is 11.9 Å². The molecule has 0 fully saturated rings. The molecule has 1 aliphatic rings. The molecule has 0 aromatic heterocycles. The van der Waals surface area contributed by atoms with Crippen LogP contribution in [0.2, 0.25) is 0 Å². The van der Waals surface area contributed by atoms with E-state index < -0.39 is 17.8 Å². The van der Waals surface area contributed by atoms with Crippen molar-refractivity contribution in [1.82, 2.24) is 0 Å². The van der Waals surface area contributed by atoms with Gasteiger partial charge in [0.15, 0.2) is 5.71 Å². The van der Waals surface area contributed by atoms with E-state index in [-0.39, 0.29) is 22.7 Å². The summed E-state index contributed by atoms with van der Waals surface area (Å²) in [6.07, 6.45) is 0. The van der Waals surface area contributed by atoms with Crippen molar-refractivity contribution in [1.29, 1.82) is 0 Å². The molecule has 4 aromatic rings. The van der Waals surface area contributed by atoms with Gasteiger partial charge in [0.05, 0.1) is 35.3 Å². The van der Waals surface area contributed by atoms with Crippen LogP contribution in [0.15, 0.2) is 96.1 Å². The average Bonchev–Trinajstić information content (AvgIpc) is 3.23. The quantitative estimate of drug-likeness (QED) is 0.189. The third kappa shape index (κ3) is 4.33. The summed E-state index contributed by atoms with van der Waals surface area (Å²) < 4.78 is 4.80. The third-order valence-electron chi connectivity index (χ3n) is 6.08. The predicted octanol–water partition coefficient (Wildman–Crippen LogP) is 5.04. The first-order valence-electron chi connectivity index (χ1n) is 11.5. The summed E-state index contributed by atoms with van der Waals surface area (Å²) in [5, 5.41) is 24.6. The molecule has 0 aliphatic carbocycles. The number of hydrogen-bond acceptors (Lipinski definition) is 7. The summed E-state index contributed by atoms with van der Waals surface area (Å²) in [6.45, 7) is 0. The highest BCUT2D eigenvalue weighted by atomic mass is 16.5. The normalized spacial score (nSPS) is 13.3. The lowest BCUT2D eigenvalue weighted by Gasteiger charge is -2.17. The summed E-state index contributed by atoms with van der Waals surface area (Å²) in [5.74, 6) is -2.18. The number of hydrogen-bond donors (Lipinski definition) is 3. The number of amides is 1. The number of anilines is 3. The molecule has 38 heavy (non-hydrogen) atoms. The van der Waals surface area contributed by atoms with Crippen LogP contribution in [0.3, 0.4) is 0 Å². The molecule has 0 bridgehead atoms. The number of carboxylic acids is 1. The molecule has 9 heteroatoms. The highest BCUT2D eigenvalue weighted by Gasteiger charge is 2.35. The van der Waals surface area contributed by atoms with Crippen molar-refractivity contribution in [2.75, 3.05) is 17.4 Å². The van der Waals surface area contributed by atoms with E-state index in [4.69, 9.17) is 4.74 Å². The van der Waals surface area contributed by atoms with Crippen molar-refractivity contribution in [3.05, 3.63) is 108 Å². The molecule has 188 valence electrons. The standard InChI is InChI=1S/C29H21N3O6/c1-38-29(37)19-9-5-10-20(16-19)32-24-14-3-2-11-22(24)25(27(32)34)31-30-23-13-6-12-21(26(23)33)17-7-4-8-18(15-17)28(35)36/h2-16,30,33H,1H3,(H,35,36). The van der Waals surface area contributed by atoms with Gasteiger partial charge < -0.3 is 14.9 Å². The molecule has 0 unspecified atom stereocenters. The number of carbonyl (C=O) groups excluding carboxylic acids is 2. The number of nitrogens with one attached hydrogen (secondary N) is 1. The third-order valence-corrected chi connectivity index (χ3v) is 6.08. The summed E-state index contributed by atoms with van der Waals surface area (Å²) in [7, 11) is 1.29. The van der Waals surface area contributed by atoms with Crippen LogP contribution in [0, 0.1) is 0 Å². The monoisotopic (exact) mass is 507 g/mol. The summed E-state index contributed by atoms with van der Waals surface area (Å²) >= 11 is 0. The first-order chi connectivity index (χ1) is 18.4. The zero-order chi connectivity index (χ0) is 26.8. The number of rotatable bonds is 6. The minimum absolute atomic E-state index is 0.0880. The van der Waals surface area contributed by atoms with E-state index in [0.29, 0.717) is 33.6 Å². The Kier molecular flexibility index (Phi) is 6.32. The Morgan fingerprint density at radius 3 is 2.37 bits per heavy atom. The van der Waals surface area contributed by atoms with Gasteiger partial charge in [0.1, 0.15) is 5.75 Å². The first-order valence-corrected chi connectivity index (χ1v) is 11.5. The SMILES string of the molecule is COC(=O)c1cccc(N2C(=O)C(=NNc3cccc(-c4cccc(C(=O)O)c4)c3O)c3ccccc32)c1. The molecule has 4 aromatic carbocycles. The van der Waals surface area contributed by atoms with Crippen LogP contribution >= 0.6 is 0 Å². The Balaban J connectivity index is 1.50. The molecule has 0 saturated carbocycles. The Hall–Kier alpha value is -5.44. The molecular formula is C29H21N3O6. The highest BCUT2D eigenvalue weighted by Crippen LogP contribution is 2.38. The molecule has 0 atom stereocenters. The van der Waals surface area contributed by atoms with Crippen LogP contribution in [0.5, 0.6) is 5.75 Å². The van der Waals surface area contributed by atoms with Gasteiger partial charge in [-0.25, -0.2) is 9.59 Å². The second-order valence-electron chi connectivity index (χ2n) is 8.36. The second kappa shape index (κ2) is 9.90. The Morgan fingerprint density at radius 1 is 0.868 bits per heavy atom. The van der Waals surface area contributed by atoms with Gasteiger partial charge in [0.2, 0.25) is 0 Å². The number of hydrazone groups is 1. The number of benzene rings is 4. The van der Waals surface area contributed by atoms with Gasteiger partial charge in [-0.2, -0.15) is 5.10 Å². The molecule has 9 nitrogen and oxygen atoms in total. The Bertz CT molecular complexity index is 1630. The number of para-hydroxylation sites is 2. The first kappa shape index (κ1) is 24.3. The van der Waals surface area contributed by atoms with E-state index in [0.717, 1.165) is 0 Å². The topological polar surface area (TPSA) is 129 Å². The van der Waals surface area contributed by atoms with Crippen molar-refractivity contribution in [2.24, 2.45) is 5.10 Å². The van der Waals surface area contributed by atoms with Crippen molar-refractivity contribution in [2.45, 2.75) is 0 Å². The van der Waals surface area contributed by atoms with Crippen LogP contribution in [-0.2, 0) is 9.53 Å². The number of esters is 1. The number of carboxylic acid groups (broad SMARTS) is 1. The number of ether oxygens (including phenoxy) is 1. The van der Waals surface area contributed by atoms with Gasteiger partial charge in [-0.1, -0.05) is 48.5 Å². The zero-order valence-corrected chi connectivity index (χ0v) is 20.1. The van der Waals surface area contributed by atoms with Crippen LogP contribution < -0.4 is 10.3 Å². The van der Waals surface area contributed by atoms with E-state index in [1.165, 1.54) is 24.1 Å². The molecule has 1 heterocycles. The van der Waals surface area contributed by atoms with Crippen molar-refractivity contribution < 1.29 is 29.3 Å². The van der Waals surface area contributed by atoms with Crippen LogP contribution in [0.25, 0.3) is 11.1 Å². The maximum Gasteiger partial charge on any atom is 0.337 e. The van der Waals surface area contributed by atoms with Crippen LogP contribution in [0.1, 0.15) is 26.3 Å². The van der Waals surface area contributed by atoms with E-state index in [1.807, 2.05) is 0 Å². The average molecular weight is 508 g/mol. The van der Waals surface area contributed by atoms with E-state index >= 15 is 0 Å². The molecule has 0 saturated heterocycles. The van der Waals surface area contributed by atoms with Gasteiger partial charge in [-0.3, -0.25) is 15.1 Å². The summed E-state index contributed by atoms with van der Waals surface area (Å²) in [4.78, 5) is 38.4. The number of fused-ring (bicyclic) bond motifs is 1. The van der Waals surface area contributed by atoms with Gasteiger partial charge in [-0.15, -0.1) is 0 Å². The fraction of sp³-hybridized carbons (Fsp3) is 0.0345. The maximum atomic E-state index is 13.5. The lowest BCUT2D eigenvalue weighted by Crippen LogP contribution is -2.26. The van der Waals surface area contributed by atoms with Crippen LogP contribution in [-0.4, -0.2) is 40.9 Å². The number of aromatic carboxylic acids is 1. The van der Waals surface area contributed by atoms with Crippen molar-refractivity contribution >= 4 is 40.6 Å². The molecule has 1 amide bonds. The highest BCUT2D eigenvalue weighted by molar-refractivity contribution is 6.55. The van der Waals surface area contributed by atoms with Gasteiger partial charge in [-0.05, 0) is 48.0 Å². The molecular weight excluding hydrogens is 486 g/mol. The number of phenolic OH excluding ortho intramolecular Hbond substituents is 1. The van der Waals surface area contributed by atoms with E-state index in [9.17, 15) is 24.6 Å². The molecule has 5 rings (SSSR count). The minimum atomic E-state index is -1.08. The maximum absolute atomic E-state index is 13.5. The zero-order valence-electron chi connectivity index (χ0n) is 20.1. The number of carbonyl (C=O) groups is 3. The fourth-order valence-electron chi connectivity index (χ4n) is 4.26. The molecule has 3 N–H and O–H groups in total. The lowest BCUT2D eigenvalue weighted by molar-refractivity contribution is -0.111. The number of phenols is 1. The van der Waals surface area contributed by atoms with Crippen LogP contribution in [0.4, 0.5) is 17.1 Å². The molecule has 1 aliphatic heterocycles. The predicted molar refractivity (Wildman–Crippen MR) is 142 cm³/mol. The largest absolute Gasteiger partial charge is 0.505 e. The Morgan fingerprint density at radius 2 is 1.58 bits per heavy atom. The number of nitrogens with zero attached hydrogens (tertiary/aromatic N) is 2. The van der Waals surface area contributed by atoms with E-state index in [2.05, 4.69) is 10.5 Å². The van der Waals surface area contributed by atoms with Crippen molar-refractivity contribution in [3.8, 4) is 16.9 Å². The summed E-state index contributed by atoms with van der Waals surface area (Å²) in [6, 6.07) is 24.8. The smallest absolute Gasteiger partial charge is 0.337 e. The number of aromatic hydroxyl groups is 1. The number of methoxy groups -OCH3 is 1. The Labute approximate surface area is 217 Å². The molecule has 0 radical (unpaired) electrons. The van der Waals surface area contributed by atoms with E-state index in [1.54, 1.807) is 78.9 Å². The minimum Gasteiger partial charge on any atom is -0.505 e. The fourth-order valence-corrected chi connectivity index (χ4v) is 4.26. The summed E-state index contributed by atoms with van der Waals surface area (Å²) in [5.41, 5.74) is 6.05.